The molecule has 0 saturated carbocycles. The molecule has 0 aliphatic heterocycles. The van der Waals surface area contributed by atoms with Crippen molar-refractivity contribution < 1.29 is 4.74 Å². The maximum Gasteiger partial charge on any atom is 0.139 e. The molecular weight excluding hydrogens is 324 g/mol. The number of pyridine rings is 1. The summed E-state index contributed by atoms with van der Waals surface area (Å²) in [7, 11) is 1.69. The number of ether oxygens (including phenoxy) is 1. The van der Waals surface area contributed by atoms with Crippen LogP contribution in [0.4, 0.5) is 0 Å². The molecule has 0 amide bonds. The minimum absolute atomic E-state index is 0.857. The fourth-order valence-corrected chi connectivity index (χ4v) is 4.44. The van der Waals surface area contributed by atoms with Crippen LogP contribution in [0.1, 0.15) is 0 Å². The number of aromatic nitrogens is 2. The van der Waals surface area contributed by atoms with E-state index in [0.29, 0.717) is 0 Å². The lowest BCUT2D eigenvalue weighted by Crippen LogP contribution is -1.86. The van der Waals surface area contributed by atoms with Gasteiger partial charge >= 0.3 is 0 Å². The Morgan fingerprint density at radius 3 is 2.96 bits per heavy atom. The predicted octanol–water partition coefficient (Wildman–Crippen LogP) is 5.45. The standard InChI is InChI=1S/C18H14N2OS2/c1-21-13-5-2-4-12(10-13)14-7-8-19-18-17(14)15(11-20-18)23-16-6-3-9-22-16/h2-11H,1H3,(H,19,20). The molecule has 4 aromatic rings. The molecule has 0 spiro atoms. The Balaban J connectivity index is 1.87. The summed E-state index contributed by atoms with van der Waals surface area (Å²) in [5.41, 5.74) is 3.20. The van der Waals surface area contributed by atoms with Crippen LogP contribution >= 0.6 is 23.1 Å². The number of hydrogen-bond donors (Lipinski definition) is 1. The van der Waals surface area contributed by atoms with E-state index in [2.05, 4.69) is 45.7 Å². The van der Waals surface area contributed by atoms with Crippen LogP contribution in [-0.4, -0.2) is 17.1 Å². The van der Waals surface area contributed by atoms with Crippen LogP contribution in [0.5, 0.6) is 5.75 Å². The molecule has 3 nitrogen and oxygen atoms in total. The summed E-state index contributed by atoms with van der Waals surface area (Å²) in [4.78, 5) is 8.93. The van der Waals surface area contributed by atoms with Crippen LogP contribution in [0.2, 0.25) is 0 Å². The van der Waals surface area contributed by atoms with Gasteiger partial charge in [0.2, 0.25) is 0 Å². The summed E-state index contributed by atoms with van der Waals surface area (Å²) in [5.74, 6) is 0.857. The molecule has 0 unspecified atom stereocenters. The van der Waals surface area contributed by atoms with Crippen LogP contribution in [0.25, 0.3) is 22.2 Å². The predicted molar refractivity (Wildman–Crippen MR) is 96.5 cm³/mol. The Kier molecular flexibility index (Phi) is 3.81. The summed E-state index contributed by atoms with van der Waals surface area (Å²) < 4.78 is 6.63. The van der Waals surface area contributed by atoms with E-state index >= 15 is 0 Å². The lowest BCUT2D eigenvalue weighted by molar-refractivity contribution is 0.415. The minimum atomic E-state index is 0.857. The summed E-state index contributed by atoms with van der Waals surface area (Å²) in [6.07, 6.45) is 3.87. The Hall–Kier alpha value is -2.24. The fraction of sp³-hybridized carbons (Fsp3) is 0.0556. The highest BCUT2D eigenvalue weighted by Crippen LogP contribution is 2.40. The zero-order valence-corrected chi connectivity index (χ0v) is 14.1. The van der Waals surface area contributed by atoms with Crippen LogP contribution in [0.3, 0.4) is 0 Å². The van der Waals surface area contributed by atoms with Crippen molar-refractivity contribution >= 4 is 34.1 Å². The lowest BCUT2D eigenvalue weighted by atomic mass is 10.0. The number of nitrogens with one attached hydrogen (secondary N) is 1. The highest BCUT2D eigenvalue weighted by atomic mass is 32.2. The third kappa shape index (κ3) is 2.73. The Labute approximate surface area is 142 Å². The van der Waals surface area contributed by atoms with Crippen molar-refractivity contribution in [2.45, 2.75) is 9.10 Å². The molecule has 5 heteroatoms. The summed E-state index contributed by atoms with van der Waals surface area (Å²) in [6.45, 7) is 0. The molecule has 4 rings (SSSR count). The van der Waals surface area contributed by atoms with Gasteiger partial charge in [-0.25, -0.2) is 4.98 Å². The first-order valence-corrected chi connectivity index (χ1v) is 8.86. The number of rotatable bonds is 4. The fourth-order valence-electron chi connectivity index (χ4n) is 2.57. The largest absolute Gasteiger partial charge is 0.497 e. The second-order valence-electron chi connectivity index (χ2n) is 5.00. The van der Waals surface area contributed by atoms with Gasteiger partial charge in [-0.3, -0.25) is 0 Å². The average molecular weight is 338 g/mol. The van der Waals surface area contributed by atoms with Gasteiger partial charge in [-0.15, -0.1) is 11.3 Å². The molecule has 114 valence electrons. The first-order chi connectivity index (χ1) is 11.3. The van der Waals surface area contributed by atoms with E-state index in [0.717, 1.165) is 27.9 Å². The second kappa shape index (κ2) is 6.10. The maximum absolute atomic E-state index is 5.36. The van der Waals surface area contributed by atoms with E-state index in [1.807, 2.05) is 24.5 Å². The van der Waals surface area contributed by atoms with Crippen LogP contribution in [0, 0.1) is 0 Å². The van der Waals surface area contributed by atoms with Crippen molar-refractivity contribution in [2.24, 2.45) is 0 Å². The SMILES string of the molecule is COc1cccc(-c2ccnc3[nH]cc(Sc4cccs4)c23)c1. The number of thiophene rings is 1. The quantitative estimate of drug-likeness (QED) is 0.537. The highest BCUT2D eigenvalue weighted by molar-refractivity contribution is 8.01. The zero-order valence-electron chi connectivity index (χ0n) is 12.4. The Bertz CT molecular complexity index is 945. The van der Waals surface area contributed by atoms with Gasteiger partial charge in [0, 0.05) is 22.7 Å². The summed E-state index contributed by atoms with van der Waals surface area (Å²) >= 11 is 3.51. The molecule has 0 saturated heterocycles. The van der Waals surface area contributed by atoms with E-state index in [9.17, 15) is 0 Å². The number of benzene rings is 1. The minimum Gasteiger partial charge on any atom is -0.497 e. The smallest absolute Gasteiger partial charge is 0.139 e. The van der Waals surface area contributed by atoms with E-state index in [4.69, 9.17) is 4.74 Å². The van der Waals surface area contributed by atoms with Gasteiger partial charge in [0.1, 0.15) is 11.4 Å². The van der Waals surface area contributed by atoms with Crippen molar-refractivity contribution in [3.05, 3.63) is 60.2 Å². The van der Waals surface area contributed by atoms with Crippen LogP contribution in [-0.2, 0) is 0 Å². The molecule has 3 aromatic heterocycles. The lowest BCUT2D eigenvalue weighted by Gasteiger charge is -2.07. The molecule has 3 heterocycles. The van der Waals surface area contributed by atoms with Crippen molar-refractivity contribution in [1.29, 1.82) is 0 Å². The molecule has 0 radical (unpaired) electrons. The van der Waals surface area contributed by atoms with Gasteiger partial charge in [0.05, 0.1) is 11.3 Å². The van der Waals surface area contributed by atoms with Crippen LogP contribution in [0.15, 0.2) is 69.3 Å². The third-order valence-electron chi connectivity index (χ3n) is 3.62. The normalized spacial score (nSPS) is 11.0. The number of H-pyrrole nitrogens is 1. The molecule has 0 fully saturated rings. The number of nitrogens with zero attached hydrogens (tertiary/aromatic N) is 1. The van der Waals surface area contributed by atoms with E-state index in [1.165, 1.54) is 9.10 Å². The molecule has 1 N–H and O–H groups in total. The molecule has 23 heavy (non-hydrogen) atoms. The van der Waals surface area contributed by atoms with Crippen molar-refractivity contribution in [3.63, 3.8) is 0 Å². The van der Waals surface area contributed by atoms with Gasteiger partial charge in [0.25, 0.3) is 0 Å². The van der Waals surface area contributed by atoms with E-state index in [-0.39, 0.29) is 0 Å². The van der Waals surface area contributed by atoms with Crippen molar-refractivity contribution in [1.82, 2.24) is 9.97 Å². The maximum atomic E-state index is 5.36. The van der Waals surface area contributed by atoms with Gasteiger partial charge in [0.15, 0.2) is 0 Å². The molecule has 1 aromatic carbocycles. The molecule has 0 aliphatic rings. The van der Waals surface area contributed by atoms with E-state index in [1.54, 1.807) is 30.2 Å². The monoisotopic (exact) mass is 338 g/mol. The first kappa shape index (κ1) is 14.4. The Morgan fingerprint density at radius 1 is 1.17 bits per heavy atom. The Morgan fingerprint density at radius 2 is 2.13 bits per heavy atom. The first-order valence-electron chi connectivity index (χ1n) is 7.17. The average Bonchev–Trinajstić information content (AvgIpc) is 3.25. The molecule has 0 bridgehead atoms. The van der Waals surface area contributed by atoms with Crippen molar-refractivity contribution in [3.8, 4) is 16.9 Å². The number of methoxy groups -OCH3 is 1. The third-order valence-corrected chi connectivity index (χ3v) is 5.70. The second-order valence-corrected chi connectivity index (χ2v) is 7.29. The summed E-state index contributed by atoms with van der Waals surface area (Å²) in [5, 5.41) is 3.25. The van der Waals surface area contributed by atoms with Crippen LogP contribution < -0.4 is 4.74 Å². The van der Waals surface area contributed by atoms with Gasteiger partial charge in [-0.2, -0.15) is 0 Å². The zero-order chi connectivity index (χ0) is 15.6. The highest BCUT2D eigenvalue weighted by Gasteiger charge is 2.13. The summed E-state index contributed by atoms with van der Waals surface area (Å²) in [6, 6.07) is 14.4. The molecular formula is C18H14N2OS2. The number of fused-ring (bicyclic) bond motifs is 1. The topological polar surface area (TPSA) is 37.9 Å². The molecule has 0 aliphatic carbocycles. The number of hydrogen-bond acceptors (Lipinski definition) is 4. The molecule has 0 atom stereocenters. The van der Waals surface area contributed by atoms with Crippen molar-refractivity contribution in [2.75, 3.05) is 7.11 Å². The van der Waals surface area contributed by atoms with Gasteiger partial charge in [-0.05, 0) is 40.8 Å². The van der Waals surface area contributed by atoms with E-state index < -0.39 is 0 Å². The van der Waals surface area contributed by atoms with Gasteiger partial charge < -0.3 is 9.72 Å². The van der Waals surface area contributed by atoms with Gasteiger partial charge in [-0.1, -0.05) is 30.0 Å². The number of aromatic amines is 1.